The molecule has 5 heteroatoms. The van der Waals surface area contributed by atoms with Gasteiger partial charge in [0.2, 0.25) is 5.95 Å². The van der Waals surface area contributed by atoms with Crippen LogP contribution in [0.25, 0.3) is 5.70 Å². The summed E-state index contributed by atoms with van der Waals surface area (Å²) in [5.74, 6) is 1.45. The monoisotopic (exact) mass is 336 g/mol. The van der Waals surface area contributed by atoms with Crippen LogP contribution in [0.5, 0.6) is 0 Å². The first-order chi connectivity index (χ1) is 11.7. The number of benzene rings is 2. The lowest BCUT2D eigenvalue weighted by Gasteiger charge is -2.12. The Balaban J connectivity index is 1.76. The van der Waals surface area contributed by atoms with Gasteiger partial charge in [-0.15, -0.1) is 5.10 Å². The summed E-state index contributed by atoms with van der Waals surface area (Å²) in [4.78, 5) is 4.56. The molecule has 0 saturated heterocycles. The van der Waals surface area contributed by atoms with Crippen LogP contribution in [0.2, 0.25) is 5.02 Å². The molecular formula is C19H17ClN4. The predicted octanol–water partition coefficient (Wildman–Crippen LogP) is 5.04. The summed E-state index contributed by atoms with van der Waals surface area (Å²) in [5, 5.41) is 8.68. The van der Waals surface area contributed by atoms with Gasteiger partial charge in [-0.25, -0.2) is 0 Å². The van der Waals surface area contributed by atoms with Crippen molar-refractivity contribution in [1.82, 2.24) is 14.8 Å². The Morgan fingerprint density at radius 1 is 1.04 bits per heavy atom. The second-order valence-corrected chi connectivity index (χ2v) is 6.28. The molecule has 1 aliphatic carbocycles. The SMILES string of the molecule is Cc1nc(Nc2ccc(Cl)cc2)n(C(=C2CC2)c2ccccc2)n1. The molecule has 4 rings (SSSR count). The number of anilines is 2. The van der Waals surface area contributed by atoms with Crippen molar-refractivity contribution < 1.29 is 0 Å². The summed E-state index contributed by atoms with van der Waals surface area (Å²) in [5.41, 5.74) is 4.63. The van der Waals surface area contributed by atoms with Crippen LogP contribution in [0.4, 0.5) is 11.6 Å². The quantitative estimate of drug-likeness (QED) is 0.726. The average Bonchev–Trinajstić information content (AvgIpc) is 3.35. The molecule has 0 aliphatic heterocycles. The van der Waals surface area contributed by atoms with Gasteiger partial charge in [0.15, 0.2) is 0 Å². The molecule has 0 amide bonds. The van der Waals surface area contributed by atoms with Gasteiger partial charge in [0.05, 0.1) is 5.70 Å². The number of aryl methyl sites for hydroxylation is 1. The minimum Gasteiger partial charge on any atom is -0.324 e. The Hall–Kier alpha value is -2.59. The summed E-state index contributed by atoms with van der Waals surface area (Å²) >= 11 is 5.96. The van der Waals surface area contributed by atoms with Gasteiger partial charge in [0.1, 0.15) is 5.82 Å². The number of nitrogens with one attached hydrogen (secondary N) is 1. The lowest BCUT2D eigenvalue weighted by molar-refractivity contribution is 0.888. The zero-order valence-corrected chi connectivity index (χ0v) is 14.1. The Labute approximate surface area is 145 Å². The molecule has 1 heterocycles. The number of nitrogens with zero attached hydrogens (tertiary/aromatic N) is 3. The first-order valence-electron chi connectivity index (χ1n) is 7.95. The second-order valence-electron chi connectivity index (χ2n) is 5.84. The van der Waals surface area contributed by atoms with Crippen molar-refractivity contribution in [3.8, 4) is 0 Å². The van der Waals surface area contributed by atoms with Crippen LogP contribution in [0.15, 0.2) is 60.2 Å². The molecule has 120 valence electrons. The summed E-state index contributed by atoms with van der Waals surface area (Å²) in [6, 6.07) is 17.9. The van der Waals surface area contributed by atoms with Crippen LogP contribution in [-0.2, 0) is 0 Å². The fourth-order valence-electron chi connectivity index (χ4n) is 2.69. The van der Waals surface area contributed by atoms with Crippen LogP contribution in [0, 0.1) is 6.92 Å². The van der Waals surface area contributed by atoms with Gasteiger partial charge in [-0.05, 0) is 49.6 Å². The summed E-state index contributed by atoms with van der Waals surface area (Å²) in [6.07, 6.45) is 2.23. The third kappa shape index (κ3) is 3.05. The molecule has 1 saturated carbocycles. The van der Waals surface area contributed by atoms with Gasteiger partial charge in [-0.1, -0.05) is 41.9 Å². The van der Waals surface area contributed by atoms with Crippen molar-refractivity contribution >= 4 is 28.9 Å². The average molecular weight is 337 g/mol. The fraction of sp³-hybridized carbons (Fsp3) is 0.158. The van der Waals surface area contributed by atoms with Gasteiger partial charge in [-0.3, -0.25) is 0 Å². The number of rotatable bonds is 4. The zero-order chi connectivity index (χ0) is 16.5. The predicted molar refractivity (Wildman–Crippen MR) is 97.5 cm³/mol. The Morgan fingerprint density at radius 2 is 1.75 bits per heavy atom. The van der Waals surface area contributed by atoms with E-state index in [0.717, 1.165) is 35.6 Å². The molecule has 3 aromatic rings. The van der Waals surface area contributed by atoms with Crippen molar-refractivity contribution in [2.75, 3.05) is 5.32 Å². The standard InChI is InChI=1S/C19H17ClN4/c1-13-21-19(22-17-11-9-16(20)10-12-17)24(23-13)18(15-7-8-15)14-5-3-2-4-6-14/h2-6,9-12H,7-8H2,1H3,(H,21,22,23). The molecule has 4 nitrogen and oxygen atoms in total. The fourth-order valence-corrected chi connectivity index (χ4v) is 2.81. The Bertz CT molecular complexity index is 889. The van der Waals surface area contributed by atoms with Crippen LogP contribution in [0.1, 0.15) is 24.2 Å². The molecular weight excluding hydrogens is 320 g/mol. The third-order valence-corrected chi connectivity index (χ3v) is 4.16. The largest absolute Gasteiger partial charge is 0.324 e. The van der Waals surface area contributed by atoms with Crippen molar-refractivity contribution in [2.24, 2.45) is 0 Å². The molecule has 24 heavy (non-hydrogen) atoms. The summed E-state index contributed by atoms with van der Waals surface area (Å²) < 4.78 is 1.92. The first kappa shape index (κ1) is 15.0. The molecule has 1 aromatic heterocycles. The first-order valence-corrected chi connectivity index (χ1v) is 8.32. The molecule has 0 spiro atoms. The lowest BCUT2D eigenvalue weighted by Crippen LogP contribution is -2.06. The highest BCUT2D eigenvalue weighted by Crippen LogP contribution is 2.38. The highest BCUT2D eigenvalue weighted by atomic mass is 35.5. The van der Waals surface area contributed by atoms with E-state index in [0.29, 0.717) is 11.0 Å². The van der Waals surface area contributed by atoms with E-state index in [9.17, 15) is 0 Å². The van der Waals surface area contributed by atoms with E-state index in [4.69, 9.17) is 11.6 Å². The number of aromatic nitrogens is 3. The van der Waals surface area contributed by atoms with E-state index in [1.807, 2.05) is 54.1 Å². The van der Waals surface area contributed by atoms with E-state index in [1.54, 1.807) is 0 Å². The smallest absolute Gasteiger partial charge is 0.230 e. The molecule has 0 bridgehead atoms. The van der Waals surface area contributed by atoms with E-state index < -0.39 is 0 Å². The van der Waals surface area contributed by atoms with Gasteiger partial charge < -0.3 is 5.32 Å². The van der Waals surface area contributed by atoms with Crippen molar-refractivity contribution in [3.05, 3.63) is 76.6 Å². The molecule has 0 radical (unpaired) electrons. The second kappa shape index (κ2) is 6.13. The minimum atomic E-state index is 0.711. The van der Waals surface area contributed by atoms with E-state index in [-0.39, 0.29) is 0 Å². The minimum absolute atomic E-state index is 0.711. The summed E-state index contributed by atoms with van der Waals surface area (Å²) in [6.45, 7) is 1.91. The topological polar surface area (TPSA) is 42.7 Å². The molecule has 0 unspecified atom stereocenters. The van der Waals surface area contributed by atoms with Gasteiger partial charge in [0, 0.05) is 16.3 Å². The highest BCUT2D eigenvalue weighted by molar-refractivity contribution is 6.30. The van der Waals surface area contributed by atoms with E-state index in [2.05, 4.69) is 27.5 Å². The Morgan fingerprint density at radius 3 is 2.42 bits per heavy atom. The molecule has 1 aliphatic rings. The maximum atomic E-state index is 5.96. The third-order valence-electron chi connectivity index (χ3n) is 3.91. The number of hydrogen-bond acceptors (Lipinski definition) is 3. The molecule has 0 atom stereocenters. The maximum Gasteiger partial charge on any atom is 0.230 e. The van der Waals surface area contributed by atoms with Crippen LogP contribution in [-0.4, -0.2) is 14.8 Å². The van der Waals surface area contributed by atoms with Crippen molar-refractivity contribution in [1.29, 1.82) is 0 Å². The van der Waals surface area contributed by atoms with E-state index in [1.165, 1.54) is 5.57 Å². The molecule has 1 N–H and O–H groups in total. The van der Waals surface area contributed by atoms with Crippen LogP contribution in [0.3, 0.4) is 0 Å². The van der Waals surface area contributed by atoms with Crippen LogP contribution < -0.4 is 5.32 Å². The number of halogens is 1. The maximum absolute atomic E-state index is 5.96. The van der Waals surface area contributed by atoms with Gasteiger partial charge in [0.25, 0.3) is 0 Å². The van der Waals surface area contributed by atoms with Gasteiger partial charge >= 0.3 is 0 Å². The summed E-state index contributed by atoms with van der Waals surface area (Å²) in [7, 11) is 0. The van der Waals surface area contributed by atoms with Crippen molar-refractivity contribution in [3.63, 3.8) is 0 Å². The Kier molecular flexibility index (Phi) is 3.82. The van der Waals surface area contributed by atoms with Gasteiger partial charge in [-0.2, -0.15) is 9.67 Å². The highest BCUT2D eigenvalue weighted by Gasteiger charge is 2.23. The molecule has 2 aromatic carbocycles. The normalized spacial score (nSPS) is 13.0. The number of allylic oxidation sites excluding steroid dienone is 1. The van der Waals surface area contributed by atoms with Crippen molar-refractivity contribution in [2.45, 2.75) is 19.8 Å². The number of hydrogen-bond donors (Lipinski definition) is 1. The molecule has 1 fully saturated rings. The van der Waals surface area contributed by atoms with E-state index >= 15 is 0 Å². The van der Waals surface area contributed by atoms with Crippen LogP contribution >= 0.6 is 11.6 Å². The zero-order valence-electron chi connectivity index (χ0n) is 13.3. The lowest BCUT2D eigenvalue weighted by atomic mass is 10.1.